The lowest BCUT2D eigenvalue weighted by Gasteiger charge is -2.14. The van der Waals surface area contributed by atoms with Gasteiger partial charge in [-0.15, -0.1) is 0 Å². The molecule has 1 unspecified atom stereocenters. The topological polar surface area (TPSA) is 35.8 Å². The van der Waals surface area contributed by atoms with Crippen LogP contribution in [0.3, 0.4) is 0 Å². The van der Waals surface area contributed by atoms with Gasteiger partial charge in [-0.1, -0.05) is 0 Å². The number of benzene rings is 1. The van der Waals surface area contributed by atoms with E-state index in [0.29, 0.717) is 17.5 Å². The van der Waals surface area contributed by atoms with Crippen LogP contribution in [0.15, 0.2) is 18.2 Å². The summed E-state index contributed by atoms with van der Waals surface area (Å²) in [4.78, 5) is 0. The molecule has 0 amide bonds. The molecular weight excluding hydrogens is 273 g/mol. The number of alkyl halides is 3. The molecule has 0 bridgehead atoms. The molecule has 1 fully saturated rings. The van der Waals surface area contributed by atoms with Crippen LogP contribution in [0, 0.1) is 11.3 Å². The second kappa shape index (κ2) is 5.74. The van der Waals surface area contributed by atoms with Crippen molar-refractivity contribution in [3.05, 3.63) is 29.3 Å². The van der Waals surface area contributed by atoms with Crippen molar-refractivity contribution in [2.75, 3.05) is 17.6 Å². The minimum atomic E-state index is -4.41. The van der Waals surface area contributed by atoms with E-state index in [1.54, 1.807) is 0 Å². The monoisotopic (exact) mass is 286 g/mol. The Morgan fingerprint density at radius 2 is 2.21 bits per heavy atom. The van der Waals surface area contributed by atoms with E-state index < -0.39 is 11.7 Å². The minimum Gasteiger partial charge on any atom is -0.383 e. The Labute approximate surface area is 114 Å². The van der Waals surface area contributed by atoms with Crippen LogP contribution in [0.5, 0.6) is 0 Å². The molecule has 1 saturated heterocycles. The van der Waals surface area contributed by atoms with Gasteiger partial charge in [0.2, 0.25) is 0 Å². The van der Waals surface area contributed by atoms with Gasteiger partial charge < -0.3 is 5.32 Å². The highest BCUT2D eigenvalue weighted by molar-refractivity contribution is 8.00. The molecule has 0 radical (unpaired) electrons. The first-order valence-corrected chi connectivity index (χ1v) is 7.02. The molecule has 0 aliphatic carbocycles. The summed E-state index contributed by atoms with van der Waals surface area (Å²) in [6.45, 7) is 0.685. The third kappa shape index (κ3) is 3.57. The molecule has 1 N–H and O–H groups in total. The predicted molar refractivity (Wildman–Crippen MR) is 70.1 cm³/mol. The van der Waals surface area contributed by atoms with Crippen molar-refractivity contribution < 1.29 is 13.2 Å². The van der Waals surface area contributed by atoms with Gasteiger partial charge in [0.25, 0.3) is 0 Å². The van der Waals surface area contributed by atoms with Gasteiger partial charge in [0.1, 0.15) is 6.07 Å². The maximum absolute atomic E-state index is 12.5. The predicted octanol–water partition coefficient (Wildman–Crippen LogP) is 3.88. The highest BCUT2D eigenvalue weighted by Crippen LogP contribution is 2.32. The van der Waals surface area contributed by atoms with Gasteiger partial charge in [0.05, 0.1) is 16.8 Å². The molecule has 0 aromatic heterocycles. The van der Waals surface area contributed by atoms with Crippen LogP contribution in [0.4, 0.5) is 18.9 Å². The summed E-state index contributed by atoms with van der Waals surface area (Å²) >= 11 is 1.86. The fraction of sp³-hybridized carbons (Fsp3) is 0.462. The van der Waals surface area contributed by atoms with Gasteiger partial charge >= 0.3 is 6.18 Å². The van der Waals surface area contributed by atoms with Gasteiger partial charge in [-0.3, -0.25) is 0 Å². The van der Waals surface area contributed by atoms with Crippen molar-refractivity contribution in [3.63, 3.8) is 0 Å². The lowest BCUT2D eigenvalue weighted by Crippen LogP contribution is -2.15. The quantitative estimate of drug-likeness (QED) is 0.915. The van der Waals surface area contributed by atoms with Crippen LogP contribution in [0.25, 0.3) is 0 Å². The first-order chi connectivity index (χ1) is 9.00. The Balaban J connectivity index is 2.10. The van der Waals surface area contributed by atoms with Crippen LogP contribution in [0.2, 0.25) is 0 Å². The summed E-state index contributed by atoms with van der Waals surface area (Å²) < 4.78 is 37.6. The zero-order valence-electron chi connectivity index (χ0n) is 10.1. The van der Waals surface area contributed by atoms with E-state index in [4.69, 9.17) is 5.26 Å². The van der Waals surface area contributed by atoms with Gasteiger partial charge in [0.15, 0.2) is 0 Å². The van der Waals surface area contributed by atoms with Crippen molar-refractivity contribution in [2.45, 2.75) is 24.3 Å². The highest BCUT2D eigenvalue weighted by Gasteiger charge is 2.31. The number of thioether (sulfide) groups is 1. The number of anilines is 1. The van der Waals surface area contributed by atoms with E-state index in [9.17, 15) is 13.2 Å². The molecule has 1 aromatic carbocycles. The third-order valence-electron chi connectivity index (χ3n) is 3.01. The molecule has 1 atom stereocenters. The van der Waals surface area contributed by atoms with E-state index in [-0.39, 0.29) is 5.56 Å². The van der Waals surface area contributed by atoms with Crippen molar-refractivity contribution in [1.82, 2.24) is 0 Å². The number of halogens is 3. The Morgan fingerprint density at radius 3 is 2.79 bits per heavy atom. The van der Waals surface area contributed by atoms with Crippen molar-refractivity contribution in [1.29, 1.82) is 5.26 Å². The number of rotatable bonds is 3. The number of nitriles is 1. The number of nitrogens with zero attached hydrogens (tertiary/aromatic N) is 1. The molecule has 1 aliphatic heterocycles. The lowest BCUT2D eigenvalue weighted by atomic mass is 10.1. The summed E-state index contributed by atoms with van der Waals surface area (Å²) in [5.74, 6) is 1.13. The molecule has 1 aliphatic rings. The average molecular weight is 286 g/mol. The van der Waals surface area contributed by atoms with Gasteiger partial charge in [0, 0.05) is 11.8 Å². The minimum absolute atomic E-state index is 0.0396. The van der Waals surface area contributed by atoms with E-state index in [1.165, 1.54) is 12.5 Å². The molecule has 2 nitrogen and oxygen atoms in total. The Bertz CT molecular complexity index is 488. The van der Waals surface area contributed by atoms with Crippen LogP contribution >= 0.6 is 11.8 Å². The molecule has 0 spiro atoms. The summed E-state index contributed by atoms with van der Waals surface area (Å²) in [5, 5.41) is 12.5. The molecule has 2 rings (SSSR count). The number of hydrogen-bond acceptors (Lipinski definition) is 3. The second-order valence-electron chi connectivity index (χ2n) is 4.39. The maximum Gasteiger partial charge on any atom is 0.416 e. The second-order valence-corrected chi connectivity index (χ2v) is 5.79. The SMILES string of the molecule is N#Cc1cc(C(F)(F)F)ccc1NCC1CCCS1. The van der Waals surface area contributed by atoms with Gasteiger partial charge in [-0.05, 0) is 36.8 Å². The van der Waals surface area contributed by atoms with Crippen molar-refractivity contribution in [3.8, 4) is 6.07 Å². The number of hydrogen-bond donors (Lipinski definition) is 1. The smallest absolute Gasteiger partial charge is 0.383 e. The van der Waals surface area contributed by atoms with Crippen LogP contribution in [0.1, 0.15) is 24.0 Å². The number of nitrogens with one attached hydrogen (secondary N) is 1. The van der Waals surface area contributed by atoms with E-state index in [2.05, 4.69) is 5.32 Å². The molecule has 1 heterocycles. The third-order valence-corrected chi connectivity index (χ3v) is 4.41. The summed E-state index contributed by atoms with van der Waals surface area (Å²) in [7, 11) is 0. The largest absolute Gasteiger partial charge is 0.416 e. The van der Waals surface area contributed by atoms with E-state index in [0.717, 1.165) is 24.3 Å². The lowest BCUT2D eigenvalue weighted by molar-refractivity contribution is -0.137. The van der Waals surface area contributed by atoms with Crippen LogP contribution < -0.4 is 5.32 Å². The molecule has 0 saturated carbocycles. The molecule has 1 aromatic rings. The van der Waals surface area contributed by atoms with E-state index in [1.807, 2.05) is 17.8 Å². The fourth-order valence-corrected chi connectivity index (χ4v) is 3.20. The standard InChI is InChI=1S/C13H13F3N2S/c14-13(15,16)10-3-4-12(9(6-10)7-17)18-8-11-2-1-5-19-11/h3-4,6,11,18H,1-2,5,8H2. The van der Waals surface area contributed by atoms with E-state index >= 15 is 0 Å². The first kappa shape index (κ1) is 14.1. The van der Waals surface area contributed by atoms with Gasteiger partial charge in [-0.25, -0.2) is 0 Å². The fourth-order valence-electron chi connectivity index (χ4n) is 2.00. The molecule has 102 valence electrons. The molecular formula is C13H13F3N2S. The van der Waals surface area contributed by atoms with Crippen molar-refractivity contribution >= 4 is 17.4 Å². The van der Waals surface area contributed by atoms with Crippen LogP contribution in [-0.4, -0.2) is 17.5 Å². The Hall–Kier alpha value is -1.35. The zero-order chi connectivity index (χ0) is 13.9. The Kier molecular flexibility index (Phi) is 4.25. The highest BCUT2D eigenvalue weighted by atomic mass is 32.2. The van der Waals surface area contributed by atoms with Gasteiger partial charge in [-0.2, -0.15) is 30.2 Å². The summed E-state index contributed by atoms with van der Waals surface area (Å²) in [6.07, 6.45) is -2.12. The van der Waals surface area contributed by atoms with Crippen LogP contribution in [-0.2, 0) is 6.18 Å². The molecule has 6 heteroatoms. The average Bonchev–Trinajstić information content (AvgIpc) is 2.88. The van der Waals surface area contributed by atoms with Crippen molar-refractivity contribution in [2.24, 2.45) is 0 Å². The normalized spacial score (nSPS) is 19.2. The Morgan fingerprint density at radius 1 is 1.42 bits per heavy atom. The summed E-state index contributed by atoms with van der Waals surface area (Å²) in [6, 6.07) is 5.05. The maximum atomic E-state index is 12.5. The zero-order valence-corrected chi connectivity index (χ0v) is 10.9. The molecule has 19 heavy (non-hydrogen) atoms. The summed E-state index contributed by atoms with van der Waals surface area (Å²) in [5.41, 5.74) is -0.273. The first-order valence-electron chi connectivity index (χ1n) is 5.97.